The molecule has 34 heavy (non-hydrogen) atoms. The average Bonchev–Trinajstić information content (AvgIpc) is 3.55. The highest BCUT2D eigenvalue weighted by Crippen LogP contribution is 2.25. The lowest BCUT2D eigenvalue weighted by Gasteiger charge is -2.26. The summed E-state index contributed by atoms with van der Waals surface area (Å²) in [6, 6.07) is 22.4. The first-order chi connectivity index (χ1) is 16.7. The summed E-state index contributed by atoms with van der Waals surface area (Å²) in [4.78, 5) is 7.19. The van der Waals surface area contributed by atoms with Crippen molar-refractivity contribution < 1.29 is 9.47 Å². The predicted octanol–water partition coefficient (Wildman–Crippen LogP) is 5.40. The van der Waals surface area contributed by atoms with Crippen LogP contribution < -0.4 is 14.8 Å². The number of hydrogen-bond acceptors (Lipinski definition) is 6. The van der Waals surface area contributed by atoms with Crippen LogP contribution in [0.1, 0.15) is 26.2 Å². The monoisotopic (exact) mass is 457 g/mol. The van der Waals surface area contributed by atoms with Gasteiger partial charge in [0.2, 0.25) is 5.95 Å². The fraction of sp³-hybridized carbons (Fsp3) is 0.333. The number of aromatic nitrogens is 3. The normalized spacial score (nSPS) is 14.9. The summed E-state index contributed by atoms with van der Waals surface area (Å²) in [6.45, 7) is 5.35. The van der Waals surface area contributed by atoms with E-state index in [2.05, 4.69) is 22.1 Å². The summed E-state index contributed by atoms with van der Waals surface area (Å²) in [7, 11) is 1.67. The van der Waals surface area contributed by atoms with E-state index >= 15 is 0 Å². The van der Waals surface area contributed by atoms with E-state index in [9.17, 15) is 0 Å². The van der Waals surface area contributed by atoms with Gasteiger partial charge in [-0.25, -0.2) is 4.52 Å². The lowest BCUT2D eigenvalue weighted by atomic mass is 10.1. The molecule has 1 atom stereocenters. The molecule has 4 aromatic rings. The first-order valence-corrected chi connectivity index (χ1v) is 12.0. The molecule has 0 bridgehead atoms. The van der Waals surface area contributed by atoms with Gasteiger partial charge in [-0.3, -0.25) is 4.90 Å². The summed E-state index contributed by atoms with van der Waals surface area (Å²) in [5.74, 6) is 2.26. The molecule has 2 aromatic carbocycles. The molecule has 0 spiro atoms. The number of fused-ring (bicyclic) bond motifs is 1. The molecule has 0 unspecified atom stereocenters. The van der Waals surface area contributed by atoms with Gasteiger partial charge in [0.05, 0.1) is 12.8 Å². The molecule has 0 aliphatic carbocycles. The largest absolute Gasteiger partial charge is 0.497 e. The molecule has 1 aliphatic heterocycles. The Labute approximate surface area is 200 Å². The maximum Gasteiger partial charge on any atom is 0.247 e. The second kappa shape index (κ2) is 10.1. The average molecular weight is 458 g/mol. The Balaban J connectivity index is 1.26. The minimum Gasteiger partial charge on any atom is -0.497 e. The van der Waals surface area contributed by atoms with Gasteiger partial charge in [0, 0.05) is 17.3 Å². The SMILES string of the molecule is CC[C@H](COc1ccc(Nc2nc3cccc(-c4ccc(OC)cc4)n3n2)cc1)N1CCCC1. The van der Waals surface area contributed by atoms with Gasteiger partial charge in [-0.2, -0.15) is 4.98 Å². The molecule has 3 heterocycles. The second-order valence-electron chi connectivity index (χ2n) is 8.61. The van der Waals surface area contributed by atoms with Gasteiger partial charge in [0.1, 0.15) is 18.1 Å². The molecule has 176 valence electrons. The van der Waals surface area contributed by atoms with Crippen LogP contribution in [0.2, 0.25) is 0 Å². The van der Waals surface area contributed by atoms with Crippen LogP contribution in [0.3, 0.4) is 0 Å². The van der Waals surface area contributed by atoms with Gasteiger partial charge in [-0.15, -0.1) is 5.10 Å². The van der Waals surface area contributed by atoms with Gasteiger partial charge >= 0.3 is 0 Å². The number of nitrogens with zero attached hydrogens (tertiary/aromatic N) is 4. The Morgan fingerprint density at radius 3 is 2.38 bits per heavy atom. The van der Waals surface area contributed by atoms with Crippen molar-refractivity contribution in [3.05, 3.63) is 66.7 Å². The molecule has 7 heteroatoms. The smallest absolute Gasteiger partial charge is 0.247 e. The molecule has 1 N–H and O–H groups in total. The molecule has 1 fully saturated rings. The van der Waals surface area contributed by atoms with Crippen LogP contribution in [0.4, 0.5) is 11.6 Å². The Hall–Kier alpha value is -3.58. The maximum absolute atomic E-state index is 6.09. The van der Waals surface area contributed by atoms with E-state index in [4.69, 9.17) is 14.6 Å². The van der Waals surface area contributed by atoms with E-state index in [0.29, 0.717) is 12.0 Å². The minimum absolute atomic E-state index is 0.488. The number of anilines is 2. The lowest BCUT2D eigenvalue weighted by molar-refractivity contribution is 0.156. The van der Waals surface area contributed by atoms with Crippen LogP contribution in [0.15, 0.2) is 66.7 Å². The zero-order valence-corrected chi connectivity index (χ0v) is 19.8. The van der Waals surface area contributed by atoms with Crippen LogP contribution >= 0.6 is 0 Å². The minimum atomic E-state index is 0.488. The van der Waals surface area contributed by atoms with Crippen molar-refractivity contribution in [1.29, 1.82) is 0 Å². The molecule has 0 radical (unpaired) electrons. The molecular weight excluding hydrogens is 426 g/mol. The van der Waals surface area contributed by atoms with Gasteiger partial charge in [0.15, 0.2) is 5.65 Å². The van der Waals surface area contributed by atoms with Crippen LogP contribution in [0.5, 0.6) is 11.5 Å². The van der Waals surface area contributed by atoms with Crippen molar-refractivity contribution in [2.75, 3.05) is 32.1 Å². The van der Waals surface area contributed by atoms with Gasteiger partial charge in [-0.1, -0.05) is 13.0 Å². The van der Waals surface area contributed by atoms with Crippen molar-refractivity contribution in [3.8, 4) is 22.8 Å². The highest BCUT2D eigenvalue weighted by Gasteiger charge is 2.20. The van der Waals surface area contributed by atoms with Crippen molar-refractivity contribution in [3.63, 3.8) is 0 Å². The molecule has 2 aromatic heterocycles. The van der Waals surface area contributed by atoms with E-state index < -0.39 is 0 Å². The van der Waals surface area contributed by atoms with Gasteiger partial charge in [0.25, 0.3) is 0 Å². The number of nitrogens with one attached hydrogen (secondary N) is 1. The van der Waals surface area contributed by atoms with Gasteiger partial charge in [-0.05, 0) is 93.0 Å². The number of methoxy groups -OCH3 is 1. The molecule has 0 saturated carbocycles. The quantitative estimate of drug-likeness (QED) is 0.363. The van der Waals surface area contributed by atoms with Crippen molar-refractivity contribution in [2.24, 2.45) is 0 Å². The fourth-order valence-electron chi connectivity index (χ4n) is 4.48. The highest BCUT2D eigenvalue weighted by atomic mass is 16.5. The molecule has 7 nitrogen and oxygen atoms in total. The third-order valence-corrected chi connectivity index (χ3v) is 6.43. The summed E-state index contributed by atoms with van der Waals surface area (Å²) in [6.07, 6.45) is 3.71. The first kappa shape index (κ1) is 22.2. The number of hydrogen-bond donors (Lipinski definition) is 1. The zero-order chi connectivity index (χ0) is 23.3. The summed E-state index contributed by atoms with van der Waals surface area (Å²) in [5.41, 5.74) is 3.71. The molecule has 1 aliphatic rings. The lowest BCUT2D eigenvalue weighted by Crippen LogP contribution is -2.36. The van der Waals surface area contributed by atoms with Crippen molar-refractivity contribution >= 4 is 17.3 Å². The number of ether oxygens (including phenoxy) is 2. The van der Waals surface area contributed by atoms with E-state index in [1.807, 2.05) is 71.2 Å². The van der Waals surface area contributed by atoms with Gasteiger partial charge < -0.3 is 14.8 Å². The third-order valence-electron chi connectivity index (χ3n) is 6.43. The Morgan fingerprint density at radius 2 is 1.68 bits per heavy atom. The highest BCUT2D eigenvalue weighted by molar-refractivity contribution is 5.65. The number of pyridine rings is 1. The standard InChI is InChI=1S/C27H31N5O2/c1-3-22(31-17-4-5-18-31)19-34-24-15-11-21(12-16-24)28-27-29-26-8-6-7-25(32(26)30-27)20-9-13-23(33-2)14-10-20/h6-16,22H,3-5,17-19H2,1-2H3,(H,28,30)/t22-/m1/s1. The van der Waals surface area contributed by atoms with Crippen LogP contribution in [0, 0.1) is 0 Å². The fourth-order valence-corrected chi connectivity index (χ4v) is 4.48. The predicted molar refractivity (Wildman–Crippen MR) is 135 cm³/mol. The Kier molecular flexibility index (Phi) is 6.62. The van der Waals surface area contributed by atoms with Crippen molar-refractivity contribution in [1.82, 2.24) is 19.5 Å². The van der Waals surface area contributed by atoms with E-state index in [-0.39, 0.29) is 0 Å². The number of benzene rings is 2. The number of rotatable bonds is 9. The summed E-state index contributed by atoms with van der Waals surface area (Å²) >= 11 is 0. The Bertz CT molecular complexity index is 1210. The number of likely N-dealkylation sites (tertiary alicyclic amines) is 1. The molecule has 1 saturated heterocycles. The van der Waals surface area contributed by atoms with Crippen LogP contribution in [-0.4, -0.2) is 52.3 Å². The van der Waals surface area contributed by atoms with E-state index in [1.165, 1.54) is 25.9 Å². The second-order valence-corrected chi connectivity index (χ2v) is 8.61. The Morgan fingerprint density at radius 1 is 0.941 bits per heavy atom. The third kappa shape index (κ3) is 4.84. The first-order valence-electron chi connectivity index (χ1n) is 12.0. The van der Waals surface area contributed by atoms with E-state index in [1.54, 1.807) is 7.11 Å². The van der Waals surface area contributed by atoms with Crippen LogP contribution in [0.25, 0.3) is 16.9 Å². The van der Waals surface area contributed by atoms with Crippen LogP contribution in [-0.2, 0) is 0 Å². The molecule has 5 rings (SSSR count). The van der Waals surface area contributed by atoms with Crippen molar-refractivity contribution in [2.45, 2.75) is 32.2 Å². The zero-order valence-electron chi connectivity index (χ0n) is 19.8. The molecule has 0 amide bonds. The molecular formula is C27H31N5O2. The summed E-state index contributed by atoms with van der Waals surface area (Å²) < 4.78 is 13.2. The van der Waals surface area contributed by atoms with E-state index in [0.717, 1.165) is 47.1 Å². The maximum atomic E-state index is 6.09. The summed E-state index contributed by atoms with van der Waals surface area (Å²) in [5, 5.41) is 8.00. The topological polar surface area (TPSA) is 63.9 Å².